The van der Waals surface area contributed by atoms with Crippen LogP contribution in [0.15, 0.2) is 36.5 Å². The second kappa shape index (κ2) is 9.55. The molecule has 34 heavy (non-hydrogen) atoms. The van der Waals surface area contributed by atoms with Crippen molar-refractivity contribution in [2.75, 3.05) is 42.4 Å². The van der Waals surface area contributed by atoms with Crippen molar-refractivity contribution in [2.24, 2.45) is 5.92 Å². The molecule has 1 amide bonds. The molecule has 2 fully saturated rings. The van der Waals surface area contributed by atoms with Crippen molar-refractivity contribution < 1.29 is 14.3 Å². The fourth-order valence-corrected chi connectivity index (χ4v) is 5.51. The van der Waals surface area contributed by atoms with Gasteiger partial charge < -0.3 is 24.6 Å². The quantitative estimate of drug-likeness (QED) is 0.696. The number of amides is 1. The number of carbonyl (C=O) groups excluding carboxylic acids is 1. The van der Waals surface area contributed by atoms with E-state index >= 15 is 0 Å². The molecular weight excluding hydrogens is 428 g/mol. The maximum absolute atomic E-state index is 13.9. The number of anilines is 4. The number of aromatic nitrogens is 1. The molecule has 5 rings (SSSR count). The first-order valence-corrected chi connectivity index (χ1v) is 12.5. The molecule has 1 N–H and O–H groups in total. The molecule has 3 heterocycles. The Hall–Kier alpha value is -2.64. The minimum Gasteiger partial charge on any atom is -0.381 e. The van der Waals surface area contributed by atoms with Gasteiger partial charge in [-0.25, -0.2) is 4.98 Å². The minimum atomic E-state index is -0.0555. The van der Waals surface area contributed by atoms with Crippen LogP contribution in [0.2, 0.25) is 0 Å². The highest BCUT2D eigenvalue weighted by molar-refractivity contribution is 6.00. The Morgan fingerprint density at radius 3 is 2.59 bits per heavy atom. The van der Waals surface area contributed by atoms with Gasteiger partial charge in [0, 0.05) is 50.7 Å². The zero-order valence-corrected chi connectivity index (χ0v) is 20.5. The summed E-state index contributed by atoms with van der Waals surface area (Å²) in [6, 6.07) is 10.4. The maximum Gasteiger partial charge on any atom is 0.230 e. The molecule has 1 saturated carbocycles. The Kier molecular flexibility index (Phi) is 6.49. The summed E-state index contributed by atoms with van der Waals surface area (Å²) in [5, 5.41) is 3.50. The summed E-state index contributed by atoms with van der Waals surface area (Å²) in [6.45, 7) is 4.59. The van der Waals surface area contributed by atoms with E-state index in [4.69, 9.17) is 9.47 Å². The highest BCUT2D eigenvalue weighted by atomic mass is 16.5. The number of carbonyl (C=O) groups is 1. The summed E-state index contributed by atoms with van der Waals surface area (Å²) >= 11 is 0. The van der Waals surface area contributed by atoms with Crippen LogP contribution in [0.3, 0.4) is 0 Å². The third-order valence-electron chi connectivity index (χ3n) is 8.05. The van der Waals surface area contributed by atoms with E-state index < -0.39 is 0 Å². The van der Waals surface area contributed by atoms with Gasteiger partial charge in [0.2, 0.25) is 5.91 Å². The number of rotatable bonds is 4. The summed E-state index contributed by atoms with van der Waals surface area (Å²) in [5.41, 5.74) is 4.00. The van der Waals surface area contributed by atoms with Crippen LogP contribution in [-0.4, -0.2) is 49.9 Å². The molecule has 1 aromatic carbocycles. The van der Waals surface area contributed by atoms with Crippen LogP contribution in [0.4, 0.5) is 22.9 Å². The normalized spacial score (nSPS) is 24.0. The molecule has 0 radical (unpaired) electrons. The summed E-state index contributed by atoms with van der Waals surface area (Å²) in [7, 11) is 3.57. The van der Waals surface area contributed by atoms with E-state index in [1.54, 1.807) is 20.4 Å². The average Bonchev–Trinajstić information content (AvgIpc) is 3.05. The third kappa shape index (κ3) is 4.51. The van der Waals surface area contributed by atoms with E-state index in [2.05, 4.69) is 46.4 Å². The van der Waals surface area contributed by atoms with Crippen LogP contribution in [0.1, 0.15) is 51.0 Å². The fraction of sp³-hybridized carbons (Fsp3) is 0.556. The Morgan fingerprint density at radius 1 is 1.12 bits per heavy atom. The van der Waals surface area contributed by atoms with Crippen LogP contribution in [-0.2, 0) is 20.8 Å². The summed E-state index contributed by atoms with van der Waals surface area (Å²) in [4.78, 5) is 22.8. The van der Waals surface area contributed by atoms with Crippen molar-refractivity contribution in [1.82, 2.24) is 4.98 Å². The van der Waals surface area contributed by atoms with Crippen LogP contribution >= 0.6 is 0 Å². The third-order valence-corrected chi connectivity index (χ3v) is 8.05. The molecule has 0 atom stereocenters. The van der Waals surface area contributed by atoms with Crippen LogP contribution in [0.5, 0.6) is 0 Å². The van der Waals surface area contributed by atoms with Crippen LogP contribution in [0, 0.1) is 5.92 Å². The second-order valence-electron chi connectivity index (χ2n) is 10.1. The molecule has 1 saturated heterocycles. The van der Waals surface area contributed by atoms with E-state index in [1.807, 2.05) is 11.0 Å². The Labute approximate surface area is 202 Å². The number of ether oxygens (including phenoxy) is 2. The average molecular weight is 465 g/mol. The van der Waals surface area contributed by atoms with Crippen molar-refractivity contribution in [3.8, 4) is 0 Å². The number of piperidine rings is 1. The number of nitrogens with zero attached hydrogens (tertiary/aromatic N) is 3. The van der Waals surface area contributed by atoms with Gasteiger partial charge >= 0.3 is 0 Å². The van der Waals surface area contributed by atoms with E-state index in [0.717, 1.165) is 80.1 Å². The lowest BCUT2D eigenvalue weighted by molar-refractivity contribution is -0.124. The van der Waals surface area contributed by atoms with Crippen molar-refractivity contribution in [3.05, 3.63) is 42.1 Å². The monoisotopic (exact) mass is 464 g/mol. The molecule has 0 spiro atoms. The first-order chi connectivity index (χ1) is 16.5. The lowest BCUT2D eigenvalue weighted by atomic mass is 9.86. The molecular formula is C27H36N4O3. The van der Waals surface area contributed by atoms with E-state index in [0.29, 0.717) is 6.54 Å². The Morgan fingerprint density at radius 2 is 1.88 bits per heavy atom. The summed E-state index contributed by atoms with van der Waals surface area (Å²) in [5.74, 6) is 1.05. The molecule has 2 aliphatic heterocycles. The fourth-order valence-electron chi connectivity index (χ4n) is 5.51. The topological polar surface area (TPSA) is 66.9 Å². The van der Waals surface area contributed by atoms with Crippen LogP contribution < -0.4 is 15.1 Å². The van der Waals surface area contributed by atoms with Gasteiger partial charge in [-0.3, -0.25) is 4.79 Å². The van der Waals surface area contributed by atoms with Crippen molar-refractivity contribution in [2.45, 2.75) is 63.7 Å². The zero-order chi connectivity index (χ0) is 23.7. The standard InChI is InChI=1S/C27H36N4O3/c1-27(34-3)12-15-30(16-13-27)21-8-11-23-24(17-21)31(18-20-5-4-14-28-25(20)29-23)26(32)19-6-9-22(33-2)10-7-19/h4-5,8,11,14,17,19,22H,6-7,9-10,12-13,15-16,18H2,1-3H3,(H,28,29). The molecule has 7 nitrogen and oxygen atoms in total. The van der Waals surface area contributed by atoms with Gasteiger partial charge in [-0.15, -0.1) is 0 Å². The van der Waals surface area contributed by atoms with Gasteiger partial charge in [0.25, 0.3) is 0 Å². The molecule has 7 heteroatoms. The SMILES string of the molecule is COC1CCC(C(=O)N2Cc3cccnc3Nc3ccc(N4CCC(C)(OC)CC4)cc32)CC1. The first-order valence-electron chi connectivity index (χ1n) is 12.5. The lowest BCUT2D eigenvalue weighted by Crippen LogP contribution is -2.43. The number of benzene rings is 1. The molecule has 182 valence electrons. The van der Waals surface area contributed by atoms with E-state index in [-0.39, 0.29) is 23.5 Å². The van der Waals surface area contributed by atoms with E-state index in [1.165, 1.54) is 0 Å². The molecule has 1 aliphatic carbocycles. The lowest BCUT2D eigenvalue weighted by Gasteiger charge is -2.40. The Bertz CT molecular complexity index is 1030. The van der Waals surface area contributed by atoms with E-state index in [9.17, 15) is 4.79 Å². The minimum absolute atomic E-state index is 0.0264. The number of nitrogens with one attached hydrogen (secondary N) is 1. The van der Waals surface area contributed by atoms with Gasteiger partial charge in [-0.05, 0) is 69.7 Å². The van der Waals surface area contributed by atoms with Gasteiger partial charge in [-0.1, -0.05) is 6.07 Å². The smallest absolute Gasteiger partial charge is 0.230 e. The first kappa shape index (κ1) is 23.1. The molecule has 0 bridgehead atoms. The predicted octanol–water partition coefficient (Wildman–Crippen LogP) is 4.88. The number of fused-ring (bicyclic) bond motifs is 2. The Balaban J connectivity index is 1.45. The highest BCUT2D eigenvalue weighted by Crippen LogP contribution is 2.40. The highest BCUT2D eigenvalue weighted by Gasteiger charge is 2.34. The zero-order valence-electron chi connectivity index (χ0n) is 20.5. The number of methoxy groups -OCH3 is 2. The molecule has 0 unspecified atom stereocenters. The van der Waals surface area contributed by atoms with Crippen molar-refractivity contribution >= 4 is 28.8 Å². The van der Waals surface area contributed by atoms with Gasteiger partial charge in [0.05, 0.1) is 29.6 Å². The molecule has 2 aromatic rings. The van der Waals surface area contributed by atoms with Gasteiger partial charge in [0.15, 0.2) is 0 Å². The predicted molar refractivity (Wildman–Crippen MR) is 135 cm³/mol. The van der Waals surface area contributed by atoms with Crippen LogP contribution in [0.25, 0.3) is 0 Å². The molecule has 3 aliphatic rings. The maximum atomic E-state index is 13.9. The largest absolute Gasteiger partial charge is 0.381 e. The number of hydrogen-bond acceptors (Lipinski definition) is 6. The second-order valence-corrected chi connectivity index (χ2v) is 10.1. The number of hydrogen-bond donors (Lipinski definition) is 1. The van der Waals surface area contributed by atoms with Gasteiger partial charge in [-0.2, -0.15) is 0 Å². The number of pyridine rings is 1. The van der Waals surface area contributed by atoms with Crippen molar-refractivity contribution in [1.29, 1.82) is 0 Å². The summed E-state index contributed by atoms with van der Waals surface area (Å²) in [6.07, 6.45) is 7.67. The summed E-state index contributed by atoms with van der Waals surface area (Å²) < 4.78 is 11.3. The van der Waals surface area contributed by atoms with Crippen molar-refractivity contribution in [3.63, 3.8) is 0 Å². The molecule has 1 aromatic heterocycles. The van der Waals surface area contributed by atoms with Gasteiger partial charge in [0.1, 0.15) is 5.82 Å².